The zero-order valence-electron chi connectivity index (χ0n) is 16.6. The Morgan fingerprint density at radius 2 is 2.00 bits per heavy atom. The van der Waals surface area contributed by atoms with E-state index in [1.165, 1.54) is 32.4 Å². The van der Waals surface area contributed by atoms with Gasteiger partial charge in [0.05, 0.1) is 37.2 Å². The number of methoxy groups -OCH3 is 2. The summed E-state index contributed by atoms with van der Waals surface area (Å²) in [6, 6.07) is 9.11. The highest BCUT2D eigenvalue weighted by Crippen LogP contribution is 2.39. The number of benzene rings is 2. The van der Waals surface area contributed by atoms with Gasteiger partial charge in [-0.1, -0.05) is 11.6 Å². The molecule has 1 aliphatic rings. The maximum absolute atomic E-state index is 13.4. The fraction of sp³-hybridized carbons (Fsp3) is 0.333. The van der Waals surface area contributed by atoms with Gasteiger partial charge in [-0.3, -0.25) is 19.7 Å². The van der Waals surface area contributed by atoms with Crippen LogP contribution in [0.1, 0.15) is 41.1 Å². The second kappa shape index (κ2) is 9.13. The SMILES string of the molecule is COC(=O)CC1CCCN(C(=O)c2ccc([N+](=O)[O-])cc2OC)c2ccc(Cl)cc21. The van der Waals surface area contributed by atoms with E-state index in [1.54, 1.807) is 23.1 Å². The van der Waals surface area contributed by atoms with Crippen molar-refractivity contribution in [2.75, 3.05) is 25.7 Å². The summed E-state index contributed by atoms with van der Waals surface area (Å²) in [5, 5.41) is 11.6. The first-order chi connectivity index (χ1) is 14.3. The van der Waals surface area contributed by atoms with E-state index in [0.29, 0.717) is 30.1 Å². The van der Waals surface area contributed by atoms with Crippen molar-refractivity contribution in [2.24, 2.45) is 0 Å². The van der Waals surface area contributed by atoms with Gasteiger partial charge in [0.2, 0.25) is 0 Å². The lowest BCUT2D eigenvalue weighted by Crippen LogP contribution is -2.32. The number of rotatable bonds is 5. The average Bonchev–Trinajstić information content (AvgIpc) is 2.91. The van der Waals surface area contributed by atoms with E-state index in [0.717, 1.165) is 5.56 Å². The van der Waals surface area contributed by atoms with E-state index in [-0.39, 0.29) is 41.2 Å². The molecule has 0 bridgehead atoms. The number of carbonyl (C=O) groups is 2. The number of halogens is 1. The number of nitro groups is 1. The van der Waals surface area contributed by atoms with Crippen molar-refractivity contribution in [3.05, 3.63) is 62.7 Å². The van der Waals surface area contributed by atoms with Crippen LogP contribution in [0.3, 0.4) is 0 Å². The molecule has 0 saturated carbocycles. The van der Waals surface area contributed by atoms with Gasteiger partial charge in [-0.2, -0.15) is 0 Å². The van der Waals surface area contributed by atoms with Gasteiger partial charge in [-0.25, -0.2) is 0 Å². The molecule has 8 nitrogen and oxygen atoms in total. The molecule has 0 aliphatic carbocycles. The third kappa shape index (κ3) is 4.38. The lowest BCUT2D eigenvalue weighted by Gasteiger charge is -2.25. The van der Waals surface area contributed by atoms with Crippen LogP contribution in [0.2, 0.25) is 5.02 Å². The van der Waals surface area contributed by atoms with Crippen LogP contribution in [-0.4, -0.2) is 37.6 Å². The summed E-state index contributed by atoms with van der Waals surface area (Å²) in [6.45, 7) is 0.422. The molecule has 0 spiro atoms. The highest BCUT2D eigenvalue weighted by atomic mass is 35.5. The number of nitro benzene ring substituents is 1. The van der Waals surface area contributed by atoms with Crippen molar-refractivity contribution in [2.45, 2.75) is 25.2 Å². The number of anilines is 1. The first kappa shape index (κ1) is 21.6. The predicted octanol–water partition coefficient (Wildman–Crippen LogP) is 4.34. The Bertz CT molecular complexity index is 993. The van der Waals surface area contributed by atoms with Gasteiger partial charge >= 0.3 is 5.97 Å². The van der Waals surface area contributed by atoms with Crippen molar-refractivity contribution >= 4 is 34.9 Å². The number of hydrogen-bond donors (Lipinski definition) is 0. The van der Waals surface area contributed by atoms with E-state index in [9.17, 15) is 19.7 Å². The van der Waals surface area contributed by atoms with Crippen LogP contribution in [0.5, 0.6) is 5.75 Å². The standard InChI is InChI=1S/C21H21ClN2O6/c1-29-19-12-15(24(27)28)6-7-16(19)21(26)23-9-3-4-13(10-20(25)30-2)17-11-14(22)5-8-18(17)23/h5-8,11-13H,3-4,9-10H2,1-2H3. The maximum Gasteiger partial charge on any atom is 0.306 e. The van der Waals surface area contributed by atoms with Gasteiger partial charge in [-0.05, 0) is 48.6 Å². The van der Waals surface area contributed by atoms with Crippen LogP contribution in [0.15, 0.2) is 36.4 Å². The number of ether oxygens (including phenoxy) is 2. The molecule has 0 radical (unpaired) electrons. The number of hydrogen-bond acceptors (Lipinski definition) is 6. The molecule has 0 aromatic heterocycles. The van der Waals surface area contributed by atoms with Crippen LogP contribution in [0.25, 0.3) is 0 Å². The van der Waals surface area contributed by atoms with Gasteiger partial charge in [0, 0.05) is 23.3 Å². The number of esters is 1. The summed E-state index contributed by atoms with van der Waals surface area (Å²) in [6.07, 6.45) is 1.53. The Kier molecular flexibility index (Phi) is 6.56. The zero-order valence-corrected chi connectivity index (χ0v) is 17.3. The minimum absolute atomic E-state index is 0.125. The van der Waals surface area contributed by atoms with Crippen LogP contribution in [-0.2, 0) is 9.53 Å². The van der Waals surface area contributed by atoms with E-state index in [2.05, 4.69) is 0 Å². The molecule has 1 heterocycles. The third-order valence-electron chi connectivity index (χ3n) is 5.17. The Morgan fingerprint density at radius 1 is 1.23 bits per heavy atom. The molecular formula is C21H21ClN2O6. The third-order valence-corrected chi connectivity index (χ3v) is 5.40. The van der Waals surface area contributed by atoms with Crippen molar-refractivity contribution < 1.29 is 24.0 Å². The van der Waals surface area contributed by atoms with Gasteiger partial charge in [0.1, 0.15) is 5.75 Å². The van der Waals surface area contributed by atoms with Crippen molar-refractivity contribution in [1.29, 1.82) is 0 Å². The second-order valence-corrected chi connectivity index (χ2v) is 7.36. The predicted molar refractivity (Wildman–Crippen MR) is 111 cm³/mol. The number of nitrogens with zero attached hydrogens (tertiary/aromatic N) is 2. The summed E-state index contributed by atoms with van der Waals surface area (Å²) in [5.74, 6) is -0.686. The fourth-order valence-corrected chi connectivity index (χ4v) is 3.87. The first-order valence-corrected chi connectivity index (χ1v) is 9.74. The number of amides is 1. The lowest BCUT2D eigenvalue weighted by molar-refractivity contribution is -0.384. The quantitative estimate of drug-likeness (QED) is 0.396. The van der Waals surface area contributed by atoms with Gasteiger partial charge in [0.25, 0.3) is 11.6 Å². The molecule has 0 saturated heterocycles. The molecule has 9 heteroatoms. The molecule has 0 fully saturated rings. The lowest BCUT2D eigenvalue weighted by atomic mass is 9.91. The molecule has 1 unspecified atom stereocenters. The van der Waals surface area contributed by atoms with Crippen molar-refractivity contribution in [3.8, 4) is 5.75 Å². The van der Waals surface area contributed by atoms with Gasteiger partial charge < -0.3 is 14.4 Å². The fourth-order valence-electron chi connectivity index (χ4n) is 3.69. The van der Waals surface area contributed by atoms with Crippen molar-refractivity contribution in [1.82, 2.24) is 0 Å². The largest absolute Gasteiger partial charge is 0.496 e. The molecule has 1 amide bonds. The molecular weight excluding hydrogens is 412 g/mol. The Labute approximate surface area is 178 Å². The maximum atomic E-state index is 13.4. The summed E-state index contributed by atoms with van der Waals surface area (Å²) < 4.78 is 10.1. The smallest absolute Gasteiger partial charge is 0.306 e. The first-order valence-electron chi connectivity index (χ1n) is 9.36. The molecule has 1 aliphatic heterocycles. The monoisotopic (exact) mass is 432 g/mol. The highest BCUT2D eigenvalue weighted by Gasteiger charge is 2.30. The van der Waals surface area contributed by atoms with Crippen LogP contribution < -0.4 is 9.64 Å². The Morgan fingerprint density at radius 3 is 2.67 bits per heavy atom. The Hall–Kier alpha value is -3.13. The highest BCUT2D eigenvalue weighted by molar-refractivity contribution is 6.30. The summed E-state index contributed by atoms with van der Waals surface area (Å²) in [4.78, 5) is 37.4. The molecule has 30 heavy (non-hydrogen) atoms. The minimum atomic E-state index is -0.544. The summed E-state index contributed by atoms with van der Waals surface area (Å²) in [5.41, 5.74) is 1.50. The Balaban J connectivity index is 2.03. The van der Waals surface area contributed by atoms with Crippen LogP contribution in [0, 0.1) is 10.1 Å². The van der Waals surface area contributed by atoms with Crippen LogP contribution in [0.4, 0.5) is 11.4 Å². The molecule has 3 rings (SSSR count). The normalized spacial score (nSPS) is 15.7. The summed E-state index contributed by atoms with van der Waals surface area (Å²) >= 11 is 6.20. The molecule has 0 N–H and O–H groups in total. The topological polar surface area (TPSA) is 99.0 Å². The van der Waals surface area contributed by atoms with Crippen molar-refractivity contribution in [3.63, 3.8) is 0 Å². The van der Waals surface area contributed by atoms with E-state index >= 15 is 0 Å². The number of carbonyl (C=O) groups excluding carboxylic acids is 2. The van der Waals surface area contributed by atoms with E-state index in [4.69, 9.17) is 21.1 Å². The second-order valence-electron chi connectivity index (χ2n) is 6.92. The van der Waals surface area contributed by atoms with E-state index < -0.39 is 4.92 Å². The molecule has 158 valence electrons. The molecule has 2 aromatic rings. The number of non-ortho nitro benzene ring substituents is 1. The number of fused-ring (bicyclic) bond motifs is 1. The molecule has 2 aromatic carbocycles. The van der Waals surface area contributed by atoms with E-state index in [1.807, 2.05) is 0 Å². The zero-order chi connectivity index (χ0) is 21.8. The van der Waals surface area contributed by atoms with Gasteiger partial charge in [-0.15, -0.1) is 0 Å². The molecule has 1 atom stereocenters. The summed E-state index contributed by atoms with van der Waals surface area (Å²) in [7, 11) is 2.70. The van der Waals surface area contributed by atoms with Gasteiger partial charge in [0.15, 0.2) is 0 Å². The minimum Gasteiger partial charge on any atom is -0.496 e. The van der Waals surface area contributed by atoms with Crippen LogP contribution >= 0.6 is 11.6 Å². The average molecular weight is 433 g/mol.